The van der Waals surface area contributed by atoms with Crippen molar-refractivity contribution in [3.63, 3.8) is 0 Å². The maximum Gasteiger partial charge on any atom is 0.573 e. The molecule has 0 aliphatic heterocycles. The summed E-state index contributed by atoms with van der Waals surface area (Å²) in [5.41, 5.74) is 2.85. The second-order valence-electron chi connectivity index (χ2n) is 9.89. The maximum atomic E-state index is 12.5. The Morgan fingerprint density at radius 2 is 1.80 bits per heavy atom. The summed E-state index contributed by atoms with van der Waals surface area (Å²) in [6.45, 7) is 6.77. The van der Waals surface area contributed by atoms with Gasteiger partial charge < -0.3 is 19.4 Å². The van der Waals surface area contributed by atoms with Crippen LogP contribution in [0.1, 0.15) is 46.1 Å². The van der Waals surface area contributed by atoms with E-state index in [1.165, 1.54) is 31.4 Å². The second kappa shape index (κ2) is 9.31. The number of benzene rings is 2. The molecule has 1 saturated carbocycles. The molecule has 2 aromatic carbocycles. The molecule has 2 unspecified atom stereocenters. The van der Waals surface area contributed by atoms with Crippen LogP contribution in [0.3, 0.4) is 0 Å². The molecule has 0 spiro atoms. The third-order valence-electron chi connectivity index (χ3n) is 6.19. The van der Waals surface area contributed by atoms with Crippen molar-refractivity contribution < 1.29 is 27.4 Å². The van der Waals surface area contributed by atoms with Gasteiger partial charge in [-0.25, -0.2) is 9.78 Å². The highest BCUT2D eigenvalue weighted by atomic mass is 19.4. The Bertz CT molecular complexity index is 1210. The van der Waals surface area contributed by atoms with Crippen LogP contribution in [0.15, 0.2) is 42.5 Å². The molecule has 188 valence electrons. The molecule has 1 aliphatic rings. The minimum atomic E-state index is -4.75. The van der Waals surface area contributed by atoms with Crippen molar-refractivity contribution >= 4 is 34.4 Å². The predicted octanol–water partition coefficient (Wildman–Crippen LogP) is 7.24. The maximum absolute atomic E-state index is 12.5. The monoisotopic (exact) mass is 490 g/mol. The van der Waals surface area contributed by atoms with Crippen molar-refractivity contribution in [3.05, 3.63) is 42.5 Å². The summed E-state index contributed by atoms with van der Waals surface area (Å²) in [6.07, 6.45) is -2.26. The van der Waals surface area contributed by atoms with Crippen LogP contribution in [0, 0.1) is 11.3 Å². The number of aromatic nitrogens is 2. The Morgan fingerprint density at radius 1 is 1.11 bits per heavy atom. The van der Waals surface area contributed by atoms with Crippen molar-refractivity contribution in [2.45, 2.75) is 52.4 Å². The van der Waals surface area contributed by atoms with Gasteiger partial charge in [0.15, 0.2) is 0 Å². The first-order valence-corrected chi connectivity index (χ1v) is 11.4. The van der Waals surface area contributed by atoms with Crippen molar-refractivity contribution in [2.24, 2.45) is 11.3 Å². The summed E-state index contributed by atoms with van der Waals surface area (Å²) in [5, 5.41) is 5.92. The number of hydrogen-bond donors (Lipinski definition) is 2. The van der Waals surface area contributed by atoms with Gasteiger partial charge in [-0.1, -0.05) is 20.8 Å². The van der Waals surface area contributed by atoms with Gasteiger partial charge in [0, 0.05) is 17.4 Å². The van der Waals surface area contributed by atoms with Crippen molar-refractivity contribution in [1.29, 1.82) is 0 Å². The lowest BCUT2D eigenvalue weighted by atomic mass is 9.70. The summed E-state index contributed by atoms with van der Waals surface area (Å²) in [4.78, 5) is 16.4. The van der Waals surface area contributed by atoms with Crippen molar-refractivity contribution in [3.8, 4) is 5.75 Å². The summed E-state index contributed by atoms with van der Waals surface area (Å²) in [6, 6.07) is 11.2. The first kappa shape index (κ1) is 24.7. The van der Waals surface area contributed by atoms with Crippen LogP contribution in [-0.2, 0) is 4.74 Å². The first-order chi connectivity index (χ1) is 16.4. The number of anilines is 3. The second-order valence-corrected chi connectivity index (χ2v) is 9.89. The number of fused-ring (bicyclic) bond motifs is 1. The van der Waals surface area contributed by atoms with Crippen LogP contribution in [-0.4, -0.2) is 29.1 Å². The Morgan fingerprint density at radius 3 is 2.43 bits per heavy atom. The van der Waals surface area contributed by atoms with Crippen LogP contribution < -0.4 is 15.4 Å². The highest BCUT2D eigenvalue weighted by molar-refractivity contribution is 5.89. The number of methoxy groups -OCH3 is 1. The third kappa shape index (κ3) is 5.98. The van der Waals surface area contributed by atoms with Crippen molar-refractivity contribution in [2.75, 3.05) is 17.7 Å². The third-order valence-corrected chi connectivity index (χ3v) is 6.19. The van der Waals surface area contributed by atoms with Gasteiger partial charge in [0.05, 0.1) is 18.1 Å². The van der Waals surface area contributed by atoms with E-state index in [0.29, 0.717) is 28.8 Å². The zero-order chi connectivity index (χ0) is 25.4. The summed E-state index contributed by atoms with van der Waals surface area (Å²) >= 11 is 0. The number of hydrogen-bond acceptors (Lipinski definition) is 5. The average Bonchev–Trinajstić information content (AvgIpc) is 3.09. The SMILES string of the molecule is COC(=O)Nc1ccc2c(c1)nc(Nc1ccc(OC(F)(F)F)cc1)n2C1CC(C)CC(C)(C)C1. The van der Waals surface area contributed by atoms with E-state index in [4.69, 9.17) is 4.98 Å². The average molecular weight is 491 g/mol. The molecule has 0 saturated heterocycles. The Kier molecular flexibility index (Phi) is 6.57. The quantitative estimate of drug-likeness (QED) is 0.394. The number of nitrogens with zero attached hydrogens (tertiary/aromatic N) is 2. The molecule has 1 fully saturated rings. The number of ether oxygens (including phenoxy) is 2. The lowest BCUT2D eigenvalue weighted by Crippen LogP contribution is -2.29. The van der Waals surface area contributed by atoms with Crippen LogP contribution in [0.25, 0.3) is 11.0 Å². The summed E-state index contributed by atoms with van der Waals surface area (Å²) in [7, 11) is 1.29. The number of amides is 1. The zero-order valence-corrected chi connectivity index (χ0v) is 20.1. The molecule has 1 amide bonds. The van der Waals surface area contributed by atoms with Crippen LogP contribution in [0.2, 0.25) is 0 Å². The van der Waals surface area contributed by atoms with Crippen molar-refractivity contribution in [1.82, 2.24) is 9.55 Å². The smallest absolute Gasteiger partial charge is 0.453 e. The number of halogens is 3. The number of nitrogens with one attached hydrogen (secondary N) is 2. The molecule has 7 nitrogen and oxygen atoms in total. The fourth-order valence-corrected chi connectivity index (χ4v) is 5.16. The van der Waals surface area contributed by atoms with Crippen LogP contribution in [0.5, 0.6) is 5.75 Å². The molecule has 10 heteroatoms. The molecule has 2 N–H and O–H groups in total. The molecule has 0 radical (unpaired) electrons. The minimum absolute atomic E-state index is 0.152. The Labute approximate surface area is 201 Å². The Hall–Kier alpha value is -3.43. The van der Waals surface area contributed by atoms with Gasteiger partial charge in [0.25, 0.3) is 0 Å². The van der Waals surface area contributed by atoms with Gasteiger partial charge in [-0.3, -0.25) is 5.32 Å². The molecule has 3 aromatic rings. The number of alkyl halides is 3. The zero-order valence-electron chi connectivity index (χ0n) is 20.1. The summed E-state index contributed by atoms with van der Waals surface area (Å²) in [5.74, 6) is 0.806. The lowest BCUT2D eigenvalue weighted by Gasteiger charge is -2.40. The lowest BCUT2D eigenvalue weighted by molar-refractivity contribution is -0.274. The fourth-order valence-electron chi connectivity index (χ4n) is 5.16. The molecule has 1 heterocycles. The van der Waals surface area contributed by atoms with Gasteiger partial charge >= 0.3 is 12.5 Å². The van der Waals surface area contributed by atoms with E-state index >= 15 is 0 Å². The number of carbonyl (C=O) groups is 1. The van der Waals surface area contributed by atoms with Gasteiger partial charge in [-0.15, -0.1) is 13.2 Å². The molecule has 1 aliphatic carbocycles. The molecule has 35 heavy (non-hydrogen) atoms. The summed E-state index contributed by atoms with van der Waals surface area (Å²) < 4.78 is 48.3. The molecular weight excluding hydrogens is 461 g/mol. The fraction of sp³-hybridized carbons (Fsp3) is 0.440. The number of imidazole rings is 1. The van der Waals surface area contributed by atoms with Gasteiger partial charge in [-0.05, 0) is 73.1 Å². The van der Waals surface area contributed by atoms with Gasteiger partial charge in [0.1, 0.15) is 5.75 Å². The highest BCUT2D eigenvalue weighted by Crippen LogP contribution is 2.46. The van der Waals surface area contributed by atoms with E-state index in [0.717, 1.165) is 24.8 Å². The standard InChI is InChI=1S/C25H29F3N4O3/c1-15-11-18(14-24(2,3)13-15)32-21-10-7-17(30-23(33)34-4)12-20(21)31-22(32)29-16-5-8-19(9-6-16)35-25(26,27)28/h5-10,12,15,18H,11,13-14H2,1-4H3,(H,29,31)(H,30,33). The first-order valence-electron chi connectivity index (χ1n) is 11.4. The van der Waals surface area contributed by atoms with Gasteiger partial charge in [-0.2, -0.15) is 0 Å². The van der Waals surface area contributed by atoms with E-state index in [2.05, 4.69) is 45.4 Å². The minimum Gasteiger partial charge on any atom is -0.453 e. The topological polar surface area (TPSA) is 77.4 Å². The number of rotatable bonds is 5. The molecule has 1 aromatic heterocycles. The molecule has 0 bridgehead atoms. The largest absolute Gasteiger partial charge is 0.573 e. The van der Waals surface area contributed by atoms with E-state index < -0.39 is 12.5 Å². The predicted molar refractivity (Wildman–Crippen MR) is 128 cm³/mol. The Balaban J connectivity index is 1.71. The van der Waals surface area contributed by atoms with E-state index in [1.807, 2.05) is 6.07 Å². The van der Waals surface area contributed by atoms with E-state index in [9.17, 15) is 18.0 Å². The highest BCUT2D eigenvalue weighted by Gasteiger charge is 2.35. The van der Waals surface area contributed by atoms with Crippen LogP contribution >= 0.6 is 0 Å². The van der Waals surface area contributed by atoms with Crippen LogP contribution in [0.4, 0.5) is 35.3 Å². The molecule has 4 rings (SSSR count). The normalized spacial score (nSPS) is 19.9. The number of carbonyl (C=O) groups excluding carboxylic acids is 1. The molecular formula is C25H29F3N4O3. The van der Waals surface area contributed by atoms with E-state index in [1.54, 1.807) is 12.1 Å². The molecule has 2 atom stereocenters. The van der Waals surface area contributed by atoms with E-state index in [-0.39, 0.29) is 17.2 Å². The van der Waals surface area contributed by atoms with Gasteiger partial charge in [0.2, 0.25) is 5.95 Å².